The predicted molar refractivity (Wildman–Crippen MR) is 118 cm³/mol. The van der Waals surface area contributed by atoms with Crippen LogP contribution in [0.15, 0.2) is 54.0 Å². The summed E-state index contributed by atoms with van der Waals surface area (Å²) in [6.07, 6.45) is 7.58. The fourth-order valence-electron chi connectivity index (χ4n) is 3.80. The summed E-state index contributed by atoms with van der Waals surface area (Å²) in [6.45, 7) is 1.88. The largest absolute Gasteiger partial charge is 0.369 e. The highest BCUT2D eigenvalue weighted by Gasteiger charge is 2.25. The van der Waals surface area contributed by atoms with E-state index in [1.165, 1.54) is 19.3 Å². The number of carbonyl (C=O) groups excluding carboxylic acids is 1. The normalized spacial score (nSPS) is 15.6. The van der Waals surface area contributed by atoms with Crippen molar-refractivity contribution in [1.82, 2.24) is 15.3 Å². The molecule has 1 aromatic carbocycles. The van der Waals surface area contributed by atoms with Crippen molar-refractivity contribution in [2.24, 2.45) is 0 Å². The first-order valence-electron chi connectivity index (χ1n) is 10.2. The lowest BCUT2D eigenvalue weighted by molar-refractivity contribution is -0.122. The molecule has 0 bridgehead atoms. The number of benzene rings is 1. The molecule has 1 atom stereocenters. The smallest absolute Gasteiger partial charge is 0.248 e. The molecular formula is C23H26N4OS. The molecule has 1 amide bonds. The third-order valence-electron chi connectivity index (χ3n) is 5.29. The van der Waals surface area contributed by atoms with Gasteiger partial charge in [-0.3, -0.25) is 4.79 Å². The Labute approximate surface area is 175 Å². The van der Waals surface area contributed by atoms with Crippen molar-refractivity contribution in [2.45, 2.75) is 51.1 Å². The van der Waals surface area contributed by atoms with E-state index >= 15 is 0 Å². The zero-order chi connectivity index (χ0) is 20.1. The summed E-state index contributed by atoms with van der Waals surface area (Å²) in [7, 11) is 0. The fraction of sp³-hybridized carbons (Fsp3) is 0.348. The Morgan fingerprint density at radius 1 is 1.14 bits per heavy atom. The fourth-order valence-corrected chi connectivity index (χ4v) is 4.58. The molecule has 0 aliphatic heterocycles. The number of thiophene rings is 1. The van der Waals surface area contributed by atoms with Crippen molar-refractivity contribution in [3.05, 3.63) is 64.7 Å². The second kappa shape index (κ2) is 9.18. The van der Waals surface area contributed by atoms with Crippen molar-refractivity contribution in [2.75, 3.05) is 5.32 Å². The molecule has 6 heteroatoms. The minimum Gasteiger partial charge on any atom is -0.369 e. The van der Waals surface area contributed by atoms with Gasteiger partial charge in [-0.15, -0.1) is 11.3 Å². The maximum atomic E-state index is 13.1. The number of nitrogens with one attached hydrogen (secondary N) is 2. The zero-order valence-corrected chi connectivity index (χ0v) is 17.4. The van der Waals surface area contributed by atoms with Gasteiger partial charge in [-0.1, -0.05) is 37.5 Å². The van der Waals surface area contributed by atoms with E-state index in [1.807, 2.05) is 54.8 Å². The summed E-state index contributed by atoms with van der Waals surface area (Å²) in [6, 6.07) is 13.8. The summed E-state index contributed by atoms with van der Waals surface area (Å²) in [5.74, 6) is 0.784. The number of hydrogen-bond acceptors (Lipinski definition) is 5. The lowest BCUT2D eigenvalue weighted by Gasteiger charge is -2.26. The number of anilines is 1. The van der Waals surface area contributed by atoms with Crippen LogP contribution in [0.25, 0.3) is 11.3 Å². The van der Waals surface area contributed by atoms with E-state index in [4.69, 9.17) is 0 Å². The molecule has 1 unspecified atom stereocenters. The van der Waals surface area contributed by atoms with Crippen molar-refractivity contribution in [3.8, 4) is 11.3 Å². The minimum atomic E-state index is -0.403. The number of carbonyl (C=O) groups is 1. The van der Waals surface area contributed by atoms with Crippen molar-refractivity contribution in [1.29, 1.82) is 0 Å². The highest BCUT2D eigenvalue weighted by molar-refractivity contribution is 7.10. The van der Waals surface area contributed by atoms with Gasteiger partial charge < -0.3 is 10.6 Å². The second-order valence-corrected chi connectivity index (χ2v) is 8.49. The van der Waals surface area contributed by atoms with E-state index in [1.54, 1.807) is 17.5 Å². The van der Waals surface area contributed by atoms with Crippen LogP contribution >= 0.6 is 11.3 Å². The molecule has 4 rings (SSSR count). The Bertz CT molecular complexity index is 951. The zero-order valence-electron chi connectivity index (χ0n) is 16.6. The van der Waals surface area contributed by atoms with E-state index in [9.17, 15) is 4.79 Å². The molecule has 2 heterocycles. The number of amides is 1. The Morgan fingerprint density at radius 2 is 2.00 bits per heavy atom. The quantitative estimate of drug-likeness (QED) is 0.596. The summed E-state index contributed by atoms with van der Waals surface area (Å²) < 4.78 is 0. The Hall–Kier alpha value is -2.73. The summed E-state index contributed by atoms with van der Waals surface area (Å²) in [5.41, 5.74) is 2.77. The van der Waals surface area contributed by atoms with Gasteiger partial charge >= 0.3 is 0 Å². The van der Waals surface area contributed by atoms with Gasteiger partial charge in [-0.2, -0.15) is 0 Å². The third-order valence-corrected chi connectivity index (χ3v) is 6.22. The molecule has 2 aromatic heterocycles. The van der Waals surface area contributed by atoms with Gasteiger partial charge in [0.25, 0.3) is 0 Å². The van der Waals surface area contributed by atoms with Crippen LogP contribution in [-0.2, 0) is 4.79 Å². The van der Waals surface area contributed by atoms with E-state index in [-0.39, 0.29) is 11.9 Å². The summed E-state index contributed by atoms with van der Waals surface area (Å²) >= 11 is 1.60. The van der Waals surface area contributed by atoms with E-state index < -0.39 is 6.04 Å². The molecule has 0 spiro atoms. The molecule has 1 saturated carbocycles. The first-order valence-corrected chi connectivity index (χ1v) is 11.1. The van der Waals surface area contributed by atoms with Crippen LogP contribution < -0.4 is 10.6 Å². The molecule has 0 saturated heterocycles. The molecule has 0 radical (unpaired) electrons. The average molecular weight is 407 g/mol. The topological polar surface area (TPSA) is 66.9 Å². The lowest BCUT2D eigenvalue weighted by atomic mass is 9.95. The van der Waals surface area contributed by atoms with Crippen LogP contribution in [0.4, 0.5) is 5.69 Å². The van der Waals surface area contributed by atoms with Crippen molar-refractivity contribution in [3.63, 3.8) is 0 Å². The monoisotopic (exact) mass is 406 g/mol. The molecule has 1 aliphatic carbocycles. The number of nitrogens with zero attached hydrogens (tertiary/aromatic N) is 2. The van der Waals surface area contributed by atoms with Crippen LogP contribution in [0.2, 0.25) is 0 Å². The molecule has 1 fully saturated rings. The van der Waals surface area contributed by atoms with Crippen molar-refractivity contribution < 1.29 is 4.79 Å². The predicted octanol–water partition coefficient (Wildman–Crippen LogP) is 5.12. The second-order valence-electron chi connectivity index (χ2n) is 7.51. The number of aryl methyl sites for hydroxylation is 1. The molecule has 2 N–H and O–H groups in total. The van der Waals surface area contributed by atoms with Crippen LogP contribution in [0, 0.1) is 6.92 Å². The van der Waals surface area contributed by atoms with E-state index in [0.29, 0.717) is 0 Å². The van der Waals surface area contributed by atoms with Crippen LogP contribution in [0.3, 0.4) is 0 Å². The van der Waals surface area contributed by atoms with Gasteiger partial charge in [-0.05, 0) is 49.4 Å². The standard InChI is InChI=1S/C23H26N4OS/c1-16-24-13-12-20(25-16)17-7-5-10-19(15-17)26-22(21-11-6-14-29-21)23(28)27-18-8-3-2-4-9-18/h5-7,10-15,18,22,26H,2-4,8-9H2,1H3,(H,27,28). The van der Waals surface area contributed by atoms with Gasteiger partial charge in [0, 0.05) is 28.4 Å². The number of hydrogen-bond donors (Lipinski definition) is 2. The first kappa shape index (κ1) is 19.6. The maximum absolute atomic E-state index is 13.1. The number of rotatable bonds is 6. The molecule has 3 aromatic rings. The third kappa shape index (κ3) is 5.01. The SMILES string of the molecule is Cc1nccc(-c2cccc(NC(C(=O)NC3CCCCC3)c3cccs3)c2)n1. The Kier molecular flexibility index (Phi) is 6.20. The average Bonchev–Trinajstić information content (AvgIpc) is 3.27. The molecule has 150 valence electrons. The van der Waals surface area contributed by atoms with Gasteiger partial charge in [0.15, 0.2) is 0 Å². The molecular weight excluding hydrogens is 380 g/mol. The summed E-state index contributed by atoms with van der Waals surface area (Å²) in [4.78, 5) is 22.8. The van der Waals surface area contributed by atoms with Gasteiger partial charge in [0.2, 0.25) is 5.91 Å². The van der Waals surface area contributed by atoms with E-state index in [2.05, 4.69) is 20.6 Å². The minimum absolute atomic E-state index is 0.0441. The van der Waals surface area contributed by atoms with Crippen LogP contribution in [0.5, 0.6) is 0 Å². The van der Waals surface area contributed by atoms with Gasteiger partial charge in [0.05, 0.1) is 5.69 Å². The molecule has 5 nitrogen and oxygen atoms in total. The molecule has 29 heavy (non-hydrogen) atoms. The lowest BCUT2D eigenvalue weighted by Crippen LogP contribution is -2.41. The van der Waals surface area contributed by atoms with Crippen LogP contribution in [-0.4, -0.2) is 21.9 Å². The first-order chi connectivity index (χ1) is 14.2. The Morgan fingerprint density at radius 3 is 2.76 bits per heavy atom. The Balaban J connectivity index is 1.55. The van der Waals surface area contributed by atoms with Gasteiger partial charge in [-0.25, -0.2) is 9.97 Å². The highest BCUT2D eigenvalue weighted by Crippen LogP contribution is 2.28. The van der Waals surface area contributed by atoms with Gasteiger partial charge in [0.1, 0.15) is 11.9 Å². The molecule has 1 aliphatic rings. The summed E-state index contributed by atoms with van der Waals surface area (Å²) in [5, 5.41) is 8.73. The van der Waals surface area contributed by atoms with E-state index in [0.717, 1.165) is 40.5 Å². The maximum Gasteiger partial charge on any atom is 0.248 e. The van der Waals surface area contributed by atoms with Crippen molar-refractivity contribution >= 4 is 22.9 Å². The van der Waals surface area contributed by atoms with Crippen LogP contribution in [0.1, 0.15) is 48.8 Å². The highest BCUT2D eigenvalue weighted by atomic mass is 32.1. The number of aromatic nitrogens is 2.